The molecule has 0 spiro atoms. The van der Waals surface area contributed by atoms with E-state index >= 15 is 0 Å². The molecule has 0 saturated carbocycles. The van der Waals surface area contributed by atoms with E-state index in [9.17, 15) is 4.79 Å². The van der Waals surface area contributed by atoms with Crippen molar-refractivity contribution in [2.24, 2.45) is 0 Å². The van der Waals surface area contributed by atoms with Crippen molar-refractivity contribution >= 4 is 11.6 Å². The molecular formula is C10H15N3O. The number of anilines is 1. The second-order valence-corrected chi connectivity index (χ2v) is 3.16. The van der Waals surface area contributed by atoms with E-state index in [4.69, 9.17) is 0 Å². The molecule has 0 fully saturated rings. The normalized spacial score (nSPS) is 9.93. The van der Waals surface area contributed by atoms with Gasteiger partial charge in [0.05, 0.1) is 17.9 Å². The van der Waals surface area contributed by atoms with Gasteiger partial charge >= 0.3 is 0 Å². The van der Waals surface area contributed by atoms with E-state index in [0.29, 0.717) is 6.54 Å². The van der Waals surface area contributed by atoms with Gasteiger partial charge in [-0.1, -0.05) is 0 Å². The molecule has 4 heteroatoms. The van der Waals surface area contributed by atoms with Gasteiger partial charge in [-0.2, -0.15) is 0 Å². The highest BCUT2D eigenvalue weighted by molar-refractivity contribution is 5.92. The fraction of sp³-hybridized carbons (Fsp3) is 0.400. The summed E-state index contributed by atoms with van der Waals surface area (Å²) in [5, 5.41) is 5.56. The average molecular weight is 193 g/mol. The number of hydrogen-bond acceptors (Lipinski definition) is 3. The quantitative estimate of drug-likeness (QED) is 0.748. The molecule has 4 nitrogen and oxygen atoms in total. The first-order valence-corrected chi connectivity index (χ1v) is 4.52. The van der Waals surface area contributed by atoms with Gasteiger partial charge in [-0.3, -0.25) is 9.78 Å². The number of amides is 1. The molecule has 0 atom stereocenters. The SMILES string of the molecule is CNCC(=O)Nc1ccc(C)nc1C. The average Bonchev–Trinajstić information content (AvgIpc) is 2.10. The number of aryl methyl sites for hydroxylation is 2. The molecule has 2 N–H and O–H groups in total. The van der Waals surface area contributed by atoms with Crippen molar-refractivity contribution in [3.05, 3.63) is 23.5 Å². The summed E-state index contributed by atoms with van der Waals surface area (Å²) in [6.45, 7) is 4.11. The molecule has 1 aromatic heterocycles. The monoisotopic (exact) mass is 193 g/mol. The summed E-state index contributed by atoms with van der Waals surface area (Å²) in [6, 6.07) is 3.74. The van der Waals surface area contributed by atoms with Crippen LogP contribution in [0.4, 0.5) is 5.69 Å². The first-order chi connectivity index (χ1) is 6.63. The number of nitrogens with zero attached hydrogens (tertiary/aromatic N) is 1. The third-order valence-corrected chi connectivity index (χ3v) is 1.84. The summed E-state index contributed by atoms with van der Waals surface area (Å²) in [5.41, 5.74) is 2.57. The summed E-state index contributed by atoms with van der Waals surface area (Å²) in [5.74, 6) is -0.0544. The maximum absolute atomic E-state index is 11.2. The lowest BCUT2D eigenvalue weighted by Gasteiger charge is -2.07. The van der Waals surface area contributed by atoms with Crippen LogP contribution in [0, 0.1) is 13.8 Å². The summed E-state index contributed by atoms with van der Waals surface area (Å²) >= 11 is 0. The Balaban J connectivity index is 2.72. The molecular weight excluding hydrogens is 178 g/mol. The van der Waals surface area contributed by atoms with Crippen LogP contribution in [-0.2, 0) is 4.79 Å². The van der Waals surface area contributed by atoms with Crippen molar-refractivity contribution in [2.45, 2.75) is 13.8 Å². The standard InChI is InChI=1S/C10H15N3O/c1-7-4-5-9(8(2)12-7)13-10(14)6-11-3/h4-5,11H,6H2,1-3H3,(H,13,14). The maximum atomic E-state index is 11.2. The van der Waals surface area contributed by atoms with Gasteiger partial charge in [0.25, 0.3) is 0 Å². The Labute approximate surface area is 83.7 Å². The van der Waals surface area contributed by atoms with Gasteiger partial charge in [-0.15, -0.1) is 0 Å². The Morgan fingerprint density at radius 2 is 2.14 bits per heavy atom. The Kier molecular flexibility index (Phi) is 3.59. The van der Waals surface area contributed by atoms with Crippen LogP contribution in [0.1, 0.15) is 11.4 Å². The predicted molar refractivity (Wildman–Crippen MR) is 56.3 cm³/mol. The minimum atomic E-state index is -0.0544. The van der Waals surface area contributed by atoms with Crippen LogP contribution in [0.15, 0.2) is 12.1 Å². The Hall–Kier alpha value is -1.42. The van der Waals surface area contributed by atoms with Crippen molar-refractivity contribution in [1.82, 2.24) is 10.3 Å². The molecule has 0 radical (unpaired) electrons. The van der Waals surface area contributed by atoms with Crippen molar-refractivity contribution in [3.63, 3.8) is 0 Å². The number of nitrogens with one attached hydrogen (secondary N) is 2. The Bertz CT molecular complexity index is 336. The van der Waals surface area contributed by atoms with Gasteiger partial charge < -0.3 is 10.6 Å². The number of likely N-dealkylation sites (N-methyl/N-ethyl adjacent to an activating group) is 1. The molecule has 0 aliphatic rings. The molecule has 0 aliphatic carbocycles. The number of carbonyl (C=O) groups is 1. The maximum Gasteiger partial charge on any atom is 0.238 e. The smallest absolute Gasteiger partial charge is 0.238 e. The van der Waals surface area contributed by atoms with Crippen LogP contribution in [0.3, 0.4) is 0 Å². The first kappa shape index (κ1) is 10.7. The molecule has 1 aromatic rings. The van der Waals surface area contributed by atoms with Gasteiger partial charge in [0.1, 0.15) is 0 Å². The fourth-order valence-electron chi connectivity index (χ4n) is 1.17. The molecule has 0 unspecified atom stereocenters. The molecule has 0 aliphatic heterocycles. The zero-order valence-electron chi connectivity index (χ0n) is 8.72. The minimum absolute atomic E-state index is 0.0544. The van der Waals surface area contributed by atoms with E-state index in [1.165, 1.54) is 0 Å². The fourth-order valence-corrected chi connectivity index (χ4v) is 1.17. The number of hydrogen-bond donors (Lipinski definition) is 2. The molecule has 1 heterocycles. The summed E-state index contributed by atoms with van der Waals surface area (Å²) in [4.78, 5) is 15.5. The van der Waals surface area contributed by atoms with E-state index in [0.717, 1.165) is 17.1 Å². The van der Waals surface area contributed by atoms with Gasteiger partial charge in [0, 0.05) is 5.69 Å². The molecule has 0 aromatic carbocycles. The van der Waals surface area contributed by atoms with E-state index in [1.807, 2.05) is 26.0 Å². The molecule has 1 rings (SSSR count). The number of rotatable bonds is 3. The molecule has 0 bridgehead atoms. The summed E-state index contributed by atoms with van der Waals surface area (Å²) in [6.07, 6.45) is 0. The predicted octanol–water partition coefficient (Wildman–Crippen LogP) is 0.856. The van der Waals surface area contributed by atoms with Crippen LogP contribution in [0.25, 0.3) is 0 Å². The molecule has 0 saturated heterocycles. The van der Waals surface area contributed by atoms with Crippen molar-refractivity contribution < 1.29 is 4.79 Å². The largest absolute Gasteiger partial charge is 0.323 e. The molecule has 1 amide bonds. The zero-order chi connectivity index (χ0) is 10.6. The third-order valence-electron chi connectivity index (χ3n) is 1.84. The van der Waals surface area contributed by atoms with Gasteiger partial charge in [0.2, 0.25) is 5.91 Å². The first-order valence-electron chi connectivity index (χ1n) is 4.52. The van der Waals surface area contributed by atoms with Crippen molar-refractivity contribution in [3.8, 4) is 0 Å². The Morgan fingerprint density at radius 1 is 1.43 bits per heavy atom. The highest BCUT2D eigenvalue weighted by atomic mass is 16.1. The van der Waals surface area contributed by atoms with Gasteiger partial charge in [-0.25, -0.2) is 0 Å². The lowest BCUT2D eigenvalue weighted by atomic mass is 10.2. The number of pyridine rings is 1. The van der Waals surface area contributed by atoms with E-state index in [1.54, 1.807) is 7.05 Å². The van der Waals surface area contributed by atoms with Crippen LogP contribution >= 0.6 is 0 Å². The third kappa shape index (κ3) is 2.81. The topological polar surface area (TPSA) is 54.0 Å². The number of carbonyl (C=O) groups excluding carboxylic acids is 1. The summed E-state index contributed by atoms with van der Waals surface area (Å²) < 4.78 is 0. The highest BCUT2D eigenvalue weighted by Crippen LogP contribution is 2.11. The minimum Gasteiger partial charge on any atom is -0.323 e. The number of aromatic nitrogens is 1. The second kappa shape index (κ2) is 4.72. The van der Waals surface area contributed by atoms with Gasteiger partial charge in [0.15, 0.2) is 0 Å². The zero-order valence-corrected chi connectivity index (χ0v) is 8.72. The highest BCUT2D eigenvalue weighted by Gasteiger charge is 2.03. The lowest BCUT2D eigenvalue weighted by molar-refractivity contribution is -0.115. The summed E-state index contributed by atoms with van der Waals surface area (Å²) in [7, 11) is 1.74. The van der Waals surface area contributed by atoms with Crippen LogP contribution in [0.2, 0.25) is 0 Å². The van der Waals surface area contributed by atoms with E-state index in [2.05, 4.69) is 15.6 Å². The van der Waals surface area contributed by atoms with Crippen LogP contribution in [-0.4, -0.2) is 24.5 Å². The lowest BCUT2D eigenvalue weighted by Crippen LogP contribution is -2.25. The van der Waals surface area contributed by atoms with Crippen molar-refractivity contribution in [1.29, 1.82) is 0 Å². The molecule has 76 valence electrons. The molecule has 14 heavy (non-hydrogen) atoms. The Morgan fingerprint density at radius 3 is 2.71 bits per heavy atom. The van der Waals surface area contributed by atoms with Crippen LogP contribution in [0.5, 0.6) is 0 Å². The van der Waals surface area contributed by atoms with Crippen LogP contribution < -0.4 is 10.6 Å². The second-order valence-electron chi connectivity index (χ2n) is 3.16. The van der Waals surface area contributed by atoms with E-state index in [-0.39, 0.29) is 5.91 Å². The van der Waals surface area contributed by atoms with E-state index < -0.39 is 0 Å². The van der Waals surface area contributed by atoms with Crippen molar-refractivity contribution in [2.75, 3.05) is 18.9 Å². The van der Waals surface area contributed by atoms with Gasteiger partial charge in [-0.05, 0) is 33.0 Å².